The van der Waals surface area contributed by atoms with Gasteiger partial charge in [-0.15, -0.1) is 0 Å². The summed E-state index contributed by atoms with van der Waals surface area (Å²) < 4.78 is 0. The lowest BCUT2D eigenvalue weighted by Gasteiger charge is -2.31. The van der Waals surface area contributed by atoms with Gasteiger partial charge in [0.15, 0.2) is 0 Å². The first-order valence-corrected chi connectivity index (χ1v) is 6.26. The molecule has 0 radical (unpaired) electrons. The zero-order valence-electron chi connectivity index (χ0n) is 11.5. The summed E-state index contributed by atoms with van der Waals surface area (Å²) in [6, 6.07) is 10.4. The molecule has 2 aromatic rings. The SMILES string of the molecule is Cc1cc(C(NN)C(C)(C)C)c2ccccc2n1. The van der Waals surface area contributed by atoms with Gasteiger partial charge in [0.25, 0.3) is 0 Å². The molecule has 0 aliphatic heterocycles. The van der Waals surface area contributed by atoms with Gasteiger partial charge >= 0.3 is 0 Å². The van der Waals surface area contributed by atoms with Gasteiger partial charge in [0.2, 0.25) is 0 Å². The number of nitrogens with zero attached hydrogens (tertiary/aromatic N) is 1. The van der Waals surface area contributed by atoms with Gasteiger partial charge in [0, 0.05) is 11.1 Å². The number of pyridine rings is 1. The number of aryl methyl sites for hydroxylation is 1. The number of hydrogen-bond donors (Lipinski definition) is 2. The van der Waals surface area contributed by atoms with Crippen molar-refractivity contribution in [3.63, 3.8) is 0 Å². The van der Waals surface area contributed by atoms with Crippen LogP contribution in [0.15, 0.2) is 30.3 Å². The second-order valence-electron chi connectivity index (χ2n) is 5.84. The molecule has 0 amide bonds. The Hall–Kier alpha value is -1.45. The number of benzene rings is 1. The molecule has 1 aromatic heterocycles. The molecular formula is C15H21N3. The summed E-state index contributed by atoms with van der Waals surface area (Å²) in [5.41, 5.74) is 6.26. The van der Waals surface area contributed by atoms with Crippen LogP contribution in [-0.4, -0.2) is 4.98 Å². The maximum atomic E-state index is 5.76. The Morgan fingerprint density at radius 3 is 2.50 bits per heavy atom. The highest BCUT2D eigenvalue weighted by atomic mass is 15.2. The fraction of sp³-hybridized carbons (Fsp3) is 0.400. The number of nitrogens with one attached hydrogen (secondary N) is 1. The summed E-state index contributed by atoms with van der Waals surface area (Å²) in [5.74, 6) is 5.76. The molecule has 0 aliphatic carbocycles. The average molecular weight is 243 g/mol. The van der Waals surface area contributed by atoms with Gasteiger partial charge in [-0.3, -0.25) is 16.3 Å². The molecular weight excluding hydrogens is 222 g/mol. The number of hydrogen-bond acceptors (Lipinski definition) is 3. The second-order valence-corrected chi connectivity index (χ2v) is 5.84. The highest BCUT2D eigenvalue weighted by molar-refractivity contribution is 5.82. The molecule has 96 valence electrons. The largest absolute Gasteiger partial charge is 0.271 e. The van der Waals surface area contributed by atoms with E-state index in [0.29, 0.717) is 0 Å². The predicted octanol–water partition coefficient (Wildman–Crippen LogP) is 3.09. The fourth-order valence-electron chi connectivity index (χ4n) is 2.39. The number of nitrogens with two attached hydrogens (primary N) is 1. The van der Waals surface area contributed by atoms with Crippen LogP contribution in [0, 0.1) is 12.3 Å². The van der Waals surface area contributed by atoms with E-state index in [1.165, 1.54) is 10.9 Å². The van der Waals surface area contributed by atoms with E-state index < -0.39 is 0 Å². The van der Waals surface area contributed by atoms with Crippen molar-refractivity contribution in [3.05, 3.63) is 41.6 Å². The van der Waals surface area contributed by atoms with Gasteiger partial charge in [-0.25, -0.2) is 0 Å². The van der Waals surface area contributed by atoms with Crippen LogP contribution >= 0.6 is 0 Å². The second kappa shape index (κ2) is 4.67. The zero-order chi connectivity index (χ0) is 13.3. The molecule has 1 heterocycles. The summed E-state index contributed by atoms with van der Waals surface area (Å²) in [6.07, 6.45) is 0. The first-order valence-electron chi connectivity index (χ1n) is 6.26. The molecule has 3 heteroatoms. The third kappa shape index (κ3) is 2.37. The van der Waals surface area contributed by atoms with Crippen LogP contribution in [0.4, 0.5) is 0 Å². The summed E-state index contributed by atoms with van der Waals surface area (Å²) in [7, 11) is 0. The van der Waals surface area contributed by atoms with Crippen molar-refractivity contribution < 1.29 is 0 Å². The molecule has 0 saturated heterocycles. The fourth-order valence-corrected chi connectivity index (χ4v) is 2.39. The lowest BCUT2D eigenvalue weighted by molar-refractivity contribution is 0.277. The van der Waals surface area contributed by atoms with Gasteiger partial charge in [0.05, 0.1) is 11.6 Å². The van der Waals surface area contributed by atoms with Crippen LogP contribution in [0.3, 0.4) is 0 Å². The summed E-state index contributed by atoms with van der Waals surface area (Å²) in [4.78, 5) is 4.57. The molecule has 0 fully saturated rings. The maximum absolute atomic E-state index is 5.76. The smallest absolute Gasteiger partial charge is 0.0708 e. The van der Waals surface area contributed by atoms with Crippen molar-refractivity contribution in [1.82, 2.24) is 10.4 Å². The minimum absolute atomic E-state index is 0.0469. The van der Waals surface area contributed by atoms with E-state index in [1.807, 2.05) is 25.1 Å². The van der Waals surface area contributed by atoms with E-state index in [9.17, 15) is 0 Å². The standard InChI is InChI=1S/C15H21N3/c1-10-9-12(14(18-16)15(2,3)4)11-7-5-6-8-13(11)17-10/h5-9,14,18H,16H2,1-4H3. The van der Waals surface area contributed by atoms with E-state index in [2.05, 4.69) is 43.3 Å². The summed E-state index contributed by atoms with van der Waals surface area (Å²) in [5, 5.41) is 1.17. The van der Waals surface area contributed by atoms with Crippen molar-refractivity contribution in [2.75, 3.05) is 0 Å². The molecule has 0 spiro atoms. The molecule has 0 bridgehead atoms. The van der Waals surface area contributed by atoms with Gasteiger partial charge in [-0.05, 0) is 30.0 Å². The quantitative estimate of drug-likeness (QED) is 0.629. The minimum atomic E-state index is 0.0469. The van der Waals surface area contributed by atoms with Crippen molar-refractivity contribution in [3.8, 4) is 0 Å². The third-order valence-electron chi connectivity index (χ3n) is 3.22. The molecule has 1 unspecified atom stereocenters. The van der Waals surface area contributed by atoms with Crippen LogP contribution < -0.4 is 11.3 Å². The predicted molar refractivity (Wildman–Crippen MR) is 76.0 cm³/mol. The van der Waals surface area contributed by atoms with Crippen LogP contribution in [0.2, 0.25) is 0 Å². The van der Waals surface area contributed by atoms with Crippen molar-refractivity contribution in [1.29, 1.82) is 0 Å². The minimum Gasteiger partial charge on any atom is -0.271 e. The number of hydrazine groups is 1. The van der Waals surface area contributed by atoms with E-state index in [1.54, 1.807) is 0 Å². The van der Waals surface area contributed by atoms with Gasteiger partial charge < -0.3 is 0 Å². The molecule has 1 atom stereocenters. The lowest BCUT2D eigenvalue weighted by atomic mass is 9.81. The third-order valence-corrected chi connectivity index (χ3v) is 3.22. The first-order chi connectivity index (χ1) is 8.43. The average Bonchev–Trinajstić information content (AvgIpc) is 2.27. The van der Waals surface area contributed by atoms with Crippen molar-refractivity contribution in [2.24, 2.45) is 11.3 Å². The molecule has 3 N–H and O–H groups in total. The Morgan fingerprint density at radius 1 is 1.22 bits per heavy atom. The molecule has 18 heavy (non-hydrogen) atoms. The molecule has 2 rings (SSSR count). The van der Waals surface area contributed by atoms with E-state index in [-0.39, 0.29) is 11.5 Å². The van der Waals surface area contributed by atoms with Gasteiger partial charge in [-0.1, -0.05) is 39.0 Å². The number of aromatic nitrogens is 1. The number of rotatable bonds is 2. The van der Waals surface area contributed by atoms with Gasteiger partial charge in [-0.2, -0.15) is 0 Å². The van der Waals surface area contributed by atoms with E-state index in [0.717, 1.165) is 11.2 Å². The van der Waals surface area contributed by atoms with Crippen LogP contribution in [0.25, 0.3) is 10.9 Å². The monoisotopic (exact) mass is 243 g/mol. The van der Waals surface area contributed by atoms with Gasteiger partial charge in [0.1, 0.15) is 0 Å². The Bertz CT molecular complexity index is 555. The normalized spacial score (nSPS) is 13.8. The Labute approximate surface area is 108 Å². The van der Waals surface area contributed by atoms with Crippen LogP contribution in [0.5, 0.6) is 0 Å². The van der Waals surface area contributed by atoms with Crippen molar-refractivity contribution in [2.45, 2.75) is 33.7 Å². The number of para-hydroxylation sites is 1. The van der Waals surface area contributed by atoms with E-state index in [4.69, 9.17) is 5.84 Å². The summed E-state index contributed by atoms with van der Waals surface area (Å²) in [6.45, 7) is 8.57. The van der Waals surface area contributed by atoms with E-state index >= 15 is 0 Å². The van der Waals surface area contributed by atoms with Crippen LogP contribution in [0.1, 0.15) is 38.1 Å². The topological polar surface area (TPSA) is 50.9 Å². The molecule has 0 saturated carbocycles. The Balaban J connectivity index is 2.69. The Morgan fingerprint density at radius 2 is 1.89 bits per heavy atom. The first kappa shape index (κ1) is 13.0. The number of fused-ring (bicyclic) bond motifs is 1. The molecule has 0 aliphatic rings. The Kier molecular flexibility index (Phi) is 3.37. The zero-order valence-corrected chi connectivity index (χ0v) is 11.5. The molecule has 3 nitrogen and oxygen atoms in total. The van der Waals surface area contributed by atoms with Crippen LogP contribution in [-0.2, 0) is 0 Å². The van der Waals surface area contributed by atoms with Crippen molar-refractivity contribution >= 4 is 10.9 Å². The maximum Gasteiger partial charge on any atom is 0.0708 e. The highest BCUT2D eigenvalue weighted by Gasteiger charge is 2.26. The highest BCUT2D eigenvalue weighted by Crippen LogP contribution is 2.35. The lowest BCUT2D eigenvalue weighted by Crippen LogP contribution is -2.37. The molecule has 1 aromatic carbocycles. The summed E-state index contributed by atoms with van der Waals surface area (Å²) >= 11 is 0.